The number of ketones is 2. The number of rotatable bonds is 17. The zero-order chi connectivity index (χ0) is 33.0. The van der Waals surface area contributed by atoms with Gasteiger partial charge in [-0.15, -0.1) is 0 Å². The lowest BCUT2D eigenvalue weighted by molar-refractivity contribution is -0.162. The number of esters is 3. The normalized spacial score (nSPS) is 15.8. The molecule has 0 aliphatic rings. The van der Waals surface area contributed by atoms with Gasteiger partial charge >= 0.3 is 24.1 Å². The lowest BCUT2D eigenvalue weighted by Crippen LogP contribution is -2.67. The molecular formula is C26H40N6O11. The van der Waals surface area contributed by atoms with E-state index in [2.05, 4.69) is 25.8 Å². The molecule has 0 aromatic heterocycles. The molecule has 0 radical (unpaired) electrons. The van der Waals surface area contributed by atoms with Crippen LogP contribution in [0.5, 0.6) is 5.75 Å². The van der Waals surface area contributed by atoms with Gasteiger partial charge in [-0.1, -0.05) is 12.1 Å². The van der Waals surface area contributed by atoms with Crippen molar-refractivity contribution >= 4 is 35.6 Å². The van der Waals surface area contributed by atoms with Crippen molar-refractivity contribution in [3.05, 3.63) is 29.8 Å². The first kappa shape index (κ1) is 37.0. The number of Topliss-reactive ketones (excluding diaryl/α,β-unsaturated/α-hetero) is 2. The van der Waals surface area contributed by atoms with Crippen molar-refractivity contribution in [2.24, 2.45) is 17.5 Å². The maximum absolute atomic E-state index is 14.2. The first-order valence-electron chi connectivity index (χ1n) is 12.9. The van der Waals surface area contributed by atoms with Gasteiger partial charge in [-0.2, -0.15) is 0 Å². The van der Waals surface area contributed by atoms with E-state index in [0.717, 1.165) is 6.92 Å². The van der Waals surface area contributed by atoms with Crippen molar-refractivity contribution in [2.75, 3.05) is 20.0 Å². The molecule has 0 bridgehead atoms. The first-order valence-corrected chi connectivity index (χ1v) is 12.9. The summed E-state index contributed by atoms with van der Waals surface area (Å²) in [6.45, 7) is 6.39. The molecule has 0 saturated heterocycles. The van der Waals surface area contributed by atoms with E-state index in [-0.39, 0.29) is 17.9 Å². The third kappa shape index (κ3) is 9.77. The van der Waals surface area contributed by atoms with Crippen LogP contribution in [0.2, 0.25) is 0 Å². The molecule has 0 spiro atoms. The molecular weight excluding hydrogens is 572 g/mol. The van der Waals surface area contributed by atoms with Gasteiger partial charge in [0.1, 0.15) is 29.0 Å². The van der Waals surface area contributed by atoms with E-state index in [9.17, 15) is 28.8 Å². The van der Waals surface area contributed by atoms with Crippen molar-refractivity contribution in [1.82, 2.24) is 16.3 Å². The fraction of sp³-hybridized carbons (Fsp3) is 0.538. The van der Waals surface area contributed by atoms with Crippen LogP contribution in [0.3, 0.4) is 0 Å². The number of nitrogens with one attached hydrogen (secondary N) is 3. The monoisotopic (exact) mass is 612 g/mol. The highest BCUT2D eigenvalue weighted by Crippen LogP contribution is 2.36. The summed E-state index contributed by atoms with van der Waals surface area (Å²) in [7, 11) is 0. The Bertz CT molecular complexity index is 1200. The summed E-state index contributed by atoms with van der Waals surface area (Å²) in [5.74, 6) is 11.8. The minimum atomic E-state index is -2.00. The van der Waals surface area contributed by atoms with Gasteiger partial charge in [0.25, 0.3) is 0 Å². The van der Waals surface area contributed by atoms with Gasteiger partial charge in [0, 0.05) is 20.3 Å². The van der Waals surface area contributed by atoms with Crippen molar-refractivity contribution in [3.63, 3.8) is 0 Å². The van der Waals surface area contributed by atoms with Crippen molar-refractivity contribution in [3.8, 4) is 5.75 Å². The number of benzene rings is 1. The van der Waals surface area contributed by atoms with Crippen LogP contribution in [-0.2, 0) is 42.9 Å². The third-order valence-corrected chi connectivity index (χ3v) is 6.51. The Morgan fingerprint density at radius 1 is 0.837 bits per heavy atom. The number of hydrogen-bond donors (Lipinski definition) is 6. The van der Waals surface area contributed by atoms with Gasteiger partial charge in [-0.05, 0) is 45.4 Å². The van der Waals surface area contributed by atoms with Crippen molar-refractivity contribution in [1.29, 1.82) is 0 Å². The number of hydrogen-bond acceptors (Lipinski definition) is 17. The van der Waals surface area contributed by atoms with Gasteiger partial charge in [-0.25, -0.2) is 25.9 Å². The Labute approximate surface area is 248 Å². The zero-order valence-electron chi connectivity index (χ0n) is 24.9. The smallest absolute Gasteiger partial charge is 0.463 e. The fourth-order valence-electron chi connectivity index (χ4n) is 3.88. The summed E-state index contributed by atoms with van der Waals surface area (Å²) in [5, 5.41) is 0. The minimum Gasteiger partial charge on any atom is -0.463 e. The molecule has 240 valence electrons. The van der Waals surface area contributed by atoms with Crippen LogP contribution in [0.1, 0.15) is 59.4 Å². The Morgan fingerprint density at radius 3 is 1.98 bits per heavy atom. The molecule has 0 saturated carbocycles. The van der Waals surface area contributed by atoms with E-state index in [1.165, 1.54) is 52.0 Å². The van der Waals surface area contributed by atoms with Gasteiger partial charge in [-0.3, -0.25) is 36.7 Å². The molecule has 0 heterocycles. The number of hydrazine groups is 3. The fourth-order valence-corrected chi connectivity index (χ4v) is 3.88. The molecule has 4 atom stereocenters. The predicted octanol–water partition coefficient (Wildman–Crippen LogP) is -0.873. The molecule has 1 rings (SSSR count). The van der Waals surface area contributed by atoms with Crippen molar-refractivity contribution < 1.29 is 52.5 Å². The van der Waals surface area contributed by atoms with Crippen molar-refractivity contribution in [2.45, 2.75) is 70.5 Å². The average molecular weight is 613 g/mol. The minimum absolute atomic E-state index is 0.0251. The number of carbonyl (C=O) groups excluding carboxylic acids is 6. The highest BCUT2D eigenvalue weighted by Gasteiger charge is 2.53. The summed E-state index contributed by atoms with van der Waals surface area (Å²) >= 11 is 0. The molecule has 0 aliphatic heterocycles. The molecule has 43 heavy (non-hydrogen) atoms. The van der Waals surface area contributed by atoms with Crippen LogP contribution < -0.4 is 38.5 Å². The summed E-state index contributed by atoms with van der Waals surface area (Å²) in [6, 6.07) is 5.74. The summed E-state index contributed by atoms with van der Waals surface area (Å²) < 4.78 is 24.3. The molecule has 0 fully saturated rings. The quantitative estimate of drug-likeness (QED) is 0.0311. The molecule has 0 aliphatic carbocycles. The van der Waals surface area contributed by atoms with Crippen LogP contribution in [-0.4, -0.2) is 72.3 Å². The number of carbonyl (C=O) groups is 6. The zero-order valence-corrected chi connectivity index (χ0v) is 24.9. The standard InChI is InChI=1S/C26H40N6O11/c1-7-39-23(38)42-14-41-22(37)24(4,30-27)12-19(35)26(6,32-29)20(17-9-8-10-18(11-17)43-16(3)34)21(36)25(5,31-28)13-40-15(2)33/h8-11,20,30-32H,7,12-14,27-29H2,1-6H3/t20-,24+,25+,26-/m1/s1. The van der Waals surface area contributed by atoms with Crippen LogP contribution >= 0.6 is 0 Å². The van der Waals surface area contributed by atoms with E-state index in [1.54, 1.807) is 6.92 Å². The molecule has 1 aromatic carbocycles. The largest absolute Gasteiger partial charge is 0.511 e. The second kappa shape index (κ2) is 16.0. The number of nitrogens with two attached hydrogens (primary N) is 3. The van der Waals surface area contributed by atoms with E-state index in [4.69, 9.17) is 31.7 Å². The highest BCUT2D eigenvalue weighted by atomic mass is 16.8. The van der Waals surface area contributed by atoms with Gasteiger partial charge < -0.3 is 23.7 Å². The summed E-state index contributed by atoms with van der Waals surface area (Å²) in [4.78, 5) is 75.6. The van der Waals surface area contributed by atoms with Crippen LogP contribution in [0, 0.1) is 0 Å². The van der Waals surface area contributed by atoms with Gasteiger partial charge in [0.15, 0.2) is 11.6 Å². The van der Waals surface area contributed by atoms with Crippen LogP contribution in [0.15, 0.2) is 24.3 Å². The van der Waals surface area contributed by atoms with Gasteiger partial charge in [0.2, 0.25) is 6.79 Å². The molecule has 17 nitrogen and oxygen atoms in total. The summed E-state index contributed by atoms with van der Waals surface area (Å²) in [5.41, 5.74) is 1.40. The lowest BCUT2D eigenvalue weighted by Gasteiger charge is -2.41. The second-order valence-electron chi connectivity index (χ2n) is 10.0. The Balaban J connectivity index is 3.59. The van der Waals surface area contributed by atoms with E-state index in [1.807, 2.05) is 0 Å². The number of ether oxygens (including phenoxy) is 5. The lowest BCUT2D eigenvalue weighted by atomic mass is 9.69. The summed E-state index contributed by atoms with van der Waals surface area (Å²) in [6.07, 6.45) is -1.79. The van der Waals surface area contributed by atoms with Gasteiger partial charge in [0.05, 0.1) is 12.5 Å². The van der Waals surface area contributed by atoms with E-state index >= 15 is 0 Å². The molecule has 0 amide bonds. The highest BCUT2D eigenvalue weighted by molar-refractivity contribution is 6.04. The molecule has 1 aromatic rings. The topological polar surface area (TPSA) is 263 Å². The maximum atomic E-state index is 14.2. The Morgan fingerprint density at radius 2 is 1.47 bits per heavy atom. The first-order chi connectivity index (χ1) is 20.0. The van der Waals surface area contributed by atoms with Crippen LogP contribution in [0.25, 0.3) is 0 Å². The third-order valence-electron chi connectivity index (χ3n) is 6.51. The molecule has 0 unspecified atom stereocenters. The molecule has 9 N–H and O–H groups in total. The van der Waals surface area contributed by atoms with E-state index in [0.29, 0.717) is 0 Å². The van der Waals surface area contributed by atoms with E-state index < -0.39 is 78.0 Å². The average Bonchev–Trinajstić information content (AvgIpc) is 2.95. The van der Waals surface area contributed by atoms with Crippen LogP contribution in [0.4, 0.5) is 4.79 Å². The maximum Gasteiger partial charge on any atom is 0.511 e. The SMILES string of the molecule is CCOC(=O)OCOC(=O)[C@](C)(CC(=O)[C@@](C)(NN)[C@@H](C(=O)[C@](C)(COC(C)=O)NN)c1cccc(OC(C)=O)c1)NN. The second-order valence-corrected chi connectivity index (χ2v) is 10.0. The Kier molecular flexibility index (Phi) is 13.8. The Hall–Kier alpha value is -4.00. The predicted molar refractivity (Wildman–Crippen MR) is 148 cm³/mol. The molecule has 17 heteroatoms.